The van der Waals surface area contributed by atoms with Crippen LogP contribution in [0.25, 0.3) is 0 Å². The van der Waals surface area contributed by atoms with Crippen LogP contribution in [-0.2, 0) is 16.0 Å². The lowest BCUT2D eigenvalue weighted by Crippen LogP contribution is -2.16. The minimum atomic E-state index is -0.194. The van der Waals surface area contributed by atoms with E-state index >= 15 is 0 Å². The summed E-state index contributed by atoms with van der Waals surface area (Å²) < 4.78 is 0.814. The number of aromatic nitrogens is 2. The third-order valence-corrected chi connectivity index (χ3v) is 4.79. The molecule has 2 N–H and O–H groups in total. The molecule has 0 saturated carbocycles. The highest BCUT2D eigenvalue weighted by molar-refractivity contribution is 9.10. The lowest BCUT2D eigenvalue weighted by atomic mass is 10.1. The van der Waals surface area contributed by atoms with Crippen molar-refractivity contribution in [2.75, 3.05) is 16.9 Å². The lowest BCUT2D eigenvalue weighted by molar-refractivity contribution is -0.116. The van der Waals surface area contributed by atoms with E-state index in [9.17, 15) is 9.59 Å². The molecule has 0 bridgehead atoms. The van der Waals surface area contributed by atoms with Crippen molar-refractivity contribution in [3.63, 3.8) is 0 Å². The molecule has 6 nitrogen and oxygen atoms in total. The Bertz CT molecular complexity index is 819. The molecule has 2 amide bonds. The van der Waals surface area contributed by atoms with Crippen molar-refractivity contribution in [2.45, 2.75) is 38.8 Å². The van der Waals surface area contributed by atoms with E-state index in [1.54, 1.807) is 18.2 Å². The molecular formula is C18H21BrN4O2S. The number of rotatable bonds is 6. The van der Waals surface area contributed by atoms with Crippen LogP contribution in [0, 0.1) is 13.8 Å². The Morgan fingerprint density at radius 3 is 2.35 bits per heavy atom. The smallest absolute Gasteiger partial charge is 0.224 e. The average Bonchev–Trinajstić information content (AvgIpc) is 2.56. The highest BCUT2D eigenvalue weighted by atomic mass is 79.9. The zero-order valence-electron chi connectivity index (χ0n) is 15.1. The summed E-state index contributed by atoms with van der Waals surface area (Å²) >= 11 is 4.88. The van der Waals surface area contributed by atoms with Gasteiger partial charge in [-0.3, -0.25) is 9.59 Å². The molecule has 138 valence electrons. The number of hydrogen-bond donors (Lipinski definition) is 2. The van der Waals surface area contributed by atoms with E-state index in [-0.39, 0.29) is 11.8 Å². The fourth-order valence-corrected chi connectivity index (χ4v) is 3.35. The molecule has 0 saturated heterocycles. The molecule has 2 rings (SSSR count). The van der Waals surface area contributed by atoms with Crippen LogP contribution in [-0.4, -0.2) is 28.0 Å². The quantitative estimate of drug-likeness (QED) is 0.525. The number of aryl methyl sites for hydroxylation is 2. The number of carbonyl (C=O) groups excluding carboxylic acids is 2. The van der Waals surface area contributed by atoms with Gasteiger partial charge in [0, 0.05) is 29.2 Å². The summed E-state index contributed by atoms with van der Waals surface area (Å²) in [6.45, 7) is 5.30. The third kappa shape index (κ3) is 5.54. The molecule has 8 heteroatoms. The van der Waals surface area contributed by atoms with Crippen LogP contribution in [0.3, 0.4) is 0 Å². The fourth-order valence-electron chi connectivity index (χ4n) is 2.53. The Hall–Kier alpha value is -1.93. The zero-order chi connectivity index (χ0) is 19.3. The fraction of sp³-hybridized carbons (Fsp3) is 0.333. The standard InChI is InChI=1S/C18H21BrN4O2S/c1-10-14(11(2)21-18(20-10)26-4)6-8-17(25)23-16-9-13(19)5-7-15(16)22-12(3)24/h5,7,9H,6,8H2,1-4H3,(H,22,24)(H,23,25). The van der Waals surface area contributed by atoms with Gasteiger partial charge in [-0.05, 0) is 50.3 Å². The third-order valence-electron chi connectivity index (χ3n) is 3.75. The van der Waals surface area contributed by atoms with Crippen LogP contribution in [0.15, 0.2) is 27.8 Å². The maximum Gasteiger partial charge on any atom is 0.224 e. The summed E-state index contributed by atoms with van der Waals surface area (Å²) in [5.74, 6) is -0.331. The van der Waals surface area contributed by atoms with Crippen molar-refractivity contribution in [3.05, 3.63) is 39.6 Å². The molecule has 0 radical (unpaired) electrons. The topological polar surface area (TPSA) is 84.0 Å². The predicted molar refractivity (Wildman–Crippen MR) is 109 cm³/mol. The van der Waals surface area contributed by atoms with Crippen molar-refractivity contribution in [1.82, 2.24) is 9.97 Å². The minimum absolute atomic E-state index is 0.137. The lowest BCUT2D eigenvalue weighted by Gasteiger charge is -2.13. The number of carbonyl (C=O) groups is 2. The molecule has 26 heavy (non-hydrogen) atoms. The van der Waals surface area contributed by atoms with E-state index in [1.807, 2.05) is 20.1 Å². The van der Waals surface area contributed by atoms with Gasteiger partial charge in [0.25, 0.3) is 0 Å². The summed E-state index contributed by atoms with van der Waals surface area (Å²) in [5.41, 5.74) is 3.91. The van der Waals surface area contributed by atoms with Gasteiger partial charge in [-0.15, -0.1) is 0 Å². The van der Waals surface area contributed by atoms with Crippen LogP contribution in [0.1, 0.15) is 30.3 Å². The van der Waals surface area contributed by atoms with Gasteiger partial charge in [0.2, 0.25) is 11.8 Å². The van der Waals surface area contributed by atoms with E-state index in [1.165, 1.54) is 18.7 Å². The van der Waals surface area contributed by atoms with E-state index in [4.69, 9.17) is 0 Å². The van der Waals surface area contributed by atoms with E-state index in [0.29, 0.717) is 24.2 Å². The molecule has 0 aliphatic carbocycles. The Balaban J connectivity index is 2.08. The van der Waals surface area contributed by atoms with E-state index < -0.39 is 0 Å². The molecule has 0 unspecified atom stereocenters. The molecule has 1 aromatic heterocycles. The van der Waals surface area contributed by atoms with Crippen LogP contribution in [0.5, 0.6) is 0 Å². The molecule has 2 aromatic rings. The number of thioether (sulfide) groups is 1. The monoisotopic (exact) mass is 436 g/mol. The summed E-state index contributed by atoms with van der Waals surface area (Å²) in [6, 6.07) is 5.30. The number of halogens is 1. The average molecular weight is 437 g/mol. The predicted octanol–water partition coefficient (Wildman–Crippen LogP) is 4.11. The van der Waals surface area contributed by atoms with Gasteiger partial charge in [-0.1, -0.05) is 27.7 Å². The first-order valence-electron chi connectivity index (χ1n) is 8.05. The number of nitrogens with zero attached hydrogens (tertiary/aromatic N) is 2. The number of benzene rings is 1. The highest BCUT2D eigenvalue weighted by Gasteiger charge is 2.13. The first-order valence-corrected chi connectivity index (χ1v) is 10.1. The molecule has 0 spiro atoms. The van der Waals surface area contributed by atoms with E-state index in [2.05, 4.69) is 36.5 Å². The largest absolute Gasteiger partial charge is 0.325 e. The van der Waals surface area contributed by atoms with Gasteiger partial charge in [0.15, 0.2) is 5.16 Å². The minimum Gasteiger partial charge on any atom is -0.325 e. The Labute approximate surface area is 165 Å². The first kappa shape index (κ1) is 20.4. The molecule has 1 heterocycles. The number of hydrogen-bond acceptors (Lipinski definition) is 5. The number of anilines is 2. The van der Waals surface area contributed by atoms with Crippen molar-refractivity contribution in [1.29, 1.82) is 0 Å². The molecule has 0 fully saturated rings. The van der Waals surface area contributed by atoms with Crippen LogP contribution in [0.2, 0.25) is 0 Å². The Morgan fingerprint density at radius 2 is 1.77 bits per heavy atom. The van der Waals surface area contributed by atoms with E-state index in [0.717, 1.165) is 26.6 Å². The van der Waals surface area contributed by atoms with Crippen molar-refractivity contribution < 1.29 is 9.59 Å². The molecule has 0 atom stereocenters. The van der Waals surface area contributed by atoms with Crippen LogP contribution in [0.4, 0.5) is 11.4 Å². The van der Waals surface area contributed by atoms with Gasteiger partial charge in [0.05, 0.1) is 11.4 Å². The molecule has 0 aliphatic heterocycles. The number of amides is 2. The van der Waals surface area contributed by atoms with Crippen molar-refractivity contribution in [3.8, 4) is 0 Å². The first-order chi connectivity index (χ1) is 12.3. The molecule has 1 aromatic carbocycles. The van der Waals surface area contributed by atoms with Gasteiger partial charge < -0.3 is 10.6 Å². The summed E-state index contributed by atoms with van der Waals surface area (Å²) in [7, 11) is 0. The van der Waals surface area contributed by atoms with Crippen LogP contribution >= 0.6 is 27.7 Å². The van der Waals surface area contributed by atoms with Gasteiger partial charge in [-0.2, -0.15) is 0 Å². The normalized spacial score (nSPS) is 10.5. The van der Waals surface area contributed by atoms with Crippen LogP contribution < -0.4 is 10.6 Å². The van der Waals surface area contributed by atoms with Crippen molar-refractivity contribution in [2.24, 2.45) is 0 Å². The van der Waals surface area contributed by atoms with Gasteiger partial charge >= 0.3 is 0 Å². The zero-order valence-corrected chi connectivity index (χ0v) is 17.5. The Kier molecular flexibility index (Phi) is 7.16. The second-order valence-corrected chi connectivity index (χ2v) is 7.47. The summed E-state index contributed by atoms with van der Waals surface area (Å²) in [6.07, 6.45) is 2.79. The molecule has 0 aliphatic rings. The van der Waals surface area contributed by atoms with Gasteiger partial charge in [-0.25, -0.2) is 9.97 Å². The Morgan fingerprint density at radius 1 is 1.12 bits per heavy atom. The van der Waals surface area contributed by atoms with Crippen molar-refractivity contribution >= 4 is 50.9 Å². The number of nitrogens with one attached hydrogen (secondary N) is 2. The maximum atomic E-state index is 12.4. The molecular weight excluding hydrogens is 416 g/mol. The van der Waals surface area contributed by atoms with Gasteiger partial charge in [0.1, 0.15) is 0 Å². The highest BCUT2D eigenvalue weighted by Crippen LogP contribution is 2.26. The second-order valence-electron chi connectivity index (χ2n) is 5.78. The maximum absolute atomic E-state index is 12.4. The summed E-state index contributed by atoms with van der Waals surface area (Å²) in [5, 5.41) is 6.31. The summed E-state index contributed by atoms with van der Waals surface area (Å²) in [4.78, 5) is 32.6. The SMILES string of the molecule is CSc1nc(C)c(CCC(=O)Nc2cc(Br)ccc2NC(C)=O)c(C)n1. The second kappa shape index (κ2) is 9.14.